The Labute approximate surface area is 156 Å². The van der Waals surface area contributed by atoms with E-state index in [1.807, 2.05) is 12.1 Å². The SMILES string of the molecule is O=Cc1cc(Br)ccc1OC/C=C\COc1ccc(Br)cc1C=O. The van der Waals surface area contributed by atoms with E-state index in [1.54, 1.807) is 36.4 Å². The molecule has 0 aliphatic rings. The Kier molecular flexibility index (Phi) is 7.21. The van der Waals surface area contributed by atoms with E-state index in [9.17, 15) is 9.59 Å². The second-order valence-corrected chi connectivity index (χ2v) is 6.52. The monoisotopic (exact) mass is 452 g/mol. The number of ether oxygens (including phenoxy) is 2. The summed E-state index contributed by atoms with van der Waals surface area (Å²) in [7, 11) is 0. The Hall–Kier alpha value is -1.92. The summed E-state index contributed by atoms with van der Waals surface area (Å²) in [6.07, 6.45) is 5.08. The van der Waals surface area contributed by atoms with Crippen molar-refractivity contribution in [2.24, 2.45) is 0 Å². The van der Waals surface area contributed by atoms with Gasteiger partial charge >= 0.3 is 0 Å². The molecule has 6 heteroatoms. The maximum Gasteiger partial charge on any atom is 0.153 e. The van der Waals surface area contributed by atoms with Crippen molar-refractivity contribution in [3.8, 4) is 11.5 Å². The molecule has 4 nitrogen and oxygen atoms in total. The van der Waals surface area contributed by atoms with Crippen LogP contribution in [0.25, 0.3) is 0 Å². The van der Waals surface area contributed by atoms with E-state index < -0.39 is 0 Å². The van der Waals surface area contributed by atoms with Gasteiger partial charge in [0, 0.05) is 8.95 Å². The molecule has 0 unspecified atom stereocenters. The van der Waals surface area contributed by atoms with Gasteiger partial charge in [0.05, 0.1) is 11.1 Å². The molecular weight excluding hydrogens is 440 g/mol. The Balaban J connectivity index is 1.84. The number of rotatable bonds is 8. The zero-order chi connectivity index (χ0) is 17.4. The molecular formula is C18H14Br2O4. The van der Waals surface area contributed by atoms with Crippen molar-refractivity contribution in [1.29, 1.82) is 0 Å². The normalized spacial score (nSPS) is 10.6. The van der Waals surface area contributed by atoms with Crippen LogP contribution in [-0.2, 0) is 0 Å². The Morgan fingerprint density at radius 3 is 1.54 bits per heavy atom. The third-order valence-electron chi connectivity index (χ3n) is 3.03. The summed E-state index contributed by atoms with van der Waals surface area (Å²) in [4.78, 5) is 22.0. The highest BCUT2D eigenvalue weighted by atomic mass is 79.9. The first kappa shape index (κ1) is 18.4. The molecule has 2 aromatic carbocycles. The van der Waals surface area contributed by atoms with Gasteiger partial charge in [0.25, 0.3) is 0 Å². The van der Waals surface area contributed by atoms with Crippen molar-refractivity contribution < 1.29 is 19.1 Å². The van der Waals surface area contributed by atoms with E-state index in [2.05, 4.69) is 31.9 Å². The van der Waals surface area contributed by atoms with Crippen LogP contribution in [0.2, 0.25) is 0 Å². The summed E-state index contributed by atoms with van der Waals surface area (Å²) < 4.78 is 12.7. The fraction of sp³-hybridized carbons (Fsp3) is 0.111. The van der Waals surface area contributed by atoms with Gasteiger partial charge in [-0.1, -0.05) is 31.9 Å². The van der Waals surface area contributed by atoms with E-state index in [0.29, 0.717) is 35.8 Å². The minimum Gasteiger partial charge on any atom is -0.489 e. The smallest absolute Gasteiger partial charge is 0.153 e. The van der Waals surface area contributed by atoms with Crippen molar-refractivity contribution >= 4 is 44.4 Å². The van der Waals surface area contributed by atoms with E-state index >= 15 is 0 Å². The predicted molar refractivity (Wildman–Crippen MR) is 99.2 cm³/mol. The number of carbonyl (C=O) groups is 2. The second-order valence-electron chi connectivity index (χ2n) is 4.69. The average molecular weight is 454 g/mol. The van der Waals surface area contributed by atoms with Crippen LogP contribution in [0.1, 0.15) is 20.7 Å². The van der Waals surface area contributed by atoms with Crippen LogP contribution in [0.4, 0.5) is 0 Å². The lowest BCUT2D eigenvalue weighted by Crippen LogP contribution is -2.00. The minimum absolute atomic E-state index is 0.312. The number of hydrogen-bond donors (Lipinski definition) is 0. The largest absolute Gasteiger partial charge is 0.489 e. The summed E-state index contributed by atoms with van der Waals surface area (Å²) in [5.74, 6) is 1.05. The third kappa shape index (κ3) is 5.32. The highest BCUT2D eigenvalue weighted by Gasteiger charge is 2.03. The molecule has 0 saturated carbocycles. The first-order valence-corrected chi connectivity index (χ1v) is 8.62. The van der Waals surface area contributed by atoms with E-state index in [0.717, 1.165) is 21.5 Å². The topological polar surface area (TPSA) is 52.6 Å². The summed E-state index contributed by atoms with van der Waals surface area (Å²) >= 11 is 6.61. The van der Waals surface area contributed by atoms with Gasteiger partial charge in [0.1, 0.15) is 24.7 Å². The molecule has 0 amide bonds. The van der Waals surface area contributed by atoms with Crippen LogP contribution >= 0.6 is 31.9 Å². The molecule has 124 valence electrons. The quantitative estimate of drug-likeness (QED) is 0.423. The van der Waals surface area contributed by atoms with Crippen molar-refractivity contribution in [3.63, 3.8) is 0 Å². The highest BCUT2D eigenvalue weighted by molar-refractivity contribution is 9.10. The molecule has 2 rings (SSSR count). The highest BCUT2D eigenvalue weighted by Crippen LogP contribution is 2.22. The molecule has 0 bridgehead atoms. The van der Waals surface area contributed by atoms with E-state index in [4.69, 9.17) is 9.47 Å². The fourth-order valence-electron chi connectivity index (χ4n) is 1.90. The molecule has 0 saturated heterocycles. The fourth-order valence-corrected chi connectivity index (χ4v) is 2.66. The number of carbonyl (C=O) groups excluding carboxylic acids is 2. The lowest BCUT2D eigenvalue weighted by atomic mass is 10.2. The zero-order valence-electron chi connectivity index (χ0n) is 12.6. The van der Waals surface area contributed by atoms with Crippen molar-refractivity contribution in [2.75, 3.05) is 13.2 Å². The molecule has 0 radical (unpaired) electrons. The number of halogens is 2. The molecule has 0 heterocycles. The third-order valence-corrected chi connectivity index (χ3v) is 4.02. The summed E-state index contributed by atoms with van der Waals surface area (Å²) in [6.45, 7) is 0.624. The Bertz CT molecular complexity index is 693. The van der Waals surface area contributed by atoms with Crippen molar-refractivity contribution in [3.05, 3.63) is 68.6 Å². The van der Waals surface area contributed by atoms with Gasteiger partial charge < -0.3 is 9.47 Å². The van der Waals surface area contributed by atoms with Gasteiger partial charge in [0.15, 0.2) is 12.6 Å². The van der Waals surface area contributed by atoms with Crippen LogP contribution < -0.4 is 9.47 Å². The van der Waals surface area contributed by atoms with Crippen molar-refractivity contribution in [1.82, 2.24) is 0 Å². The average Bonchev–Trinajstić information content (AvgIpc) is 2.59. The maximum atomic E-state index is 11.0. The molecule has 2 aromatic rings. The first-order valence-electron chi connectivity index (χ1n) is 7.04. The molecule has 0 atom stereocenters. The second kappa shape index (κ2) is 9.39. The van der Waals surface area contributed by atoms with Gasteiger partial charge in [-0.25, -0.2) is 0 Å². The van der Waals surface area contributed by atoms with Crippen LogP contribution in [0.5, 0.6) is 11.5 Å². The minimum atomic E-state index is 0.312. The Morgan fingerprint density at radius 2 is 1.17 bits per heavy atom. The zero-order valence-corrected chi connectivity index (χ0v) is 15.7. The molecule has 0 N–H and O–H groups in total. The standard InChI is InChI=1S/C18H14Br2O4/c19-15-3-5-17(13(9-15)11-21)23-7-1-2-8-24-18-6-4-16(20)10-14(18)12-22/h1-6,9-12H,7-8H2/b2-1-. The van der Waals surface area contributed by atoms with Gasteiger partial charge in [-0.15, -0.1) is 0 Å². The number of benzene rings is 2. The van der Waals surface area contributed by atoms with Crippen LogP contribution in [0.15, 0.2) is 57.5 Å². The lowest BCUT2D eigenvalue weighted by molar-refractivity contribution is 0.111. The number of aldehydes is 2. The summed E-state index contributed by atoms with van der Waals surface area (Å²) in [5, 5.41) is 0. The number of hydrogen-bond acceptors (Lipinski definition) is 4. The first-order chi connectivity index (χ1) is 11.6. The Morgan fingerprint density at radius 1 is 0.750 bits per heavy atom. The summed E-state index contributed by atoms with van der Waals surface area (Å²) in [6, 6.07) is 10.5. The van der Waals surface area contributed by atoms with E-state index in [-0.39, 0.29) is 0 Å². The molecule has 0 aliphatic heterocycles. The summed E-state index contributed by atoms with van der Waals surface area (Å²) in [5.41, 5.74) is 0.971. The maximum absolute atomic E-state index is 11.0. The van der Waals surface area contributed by atoms with Gasteiger partial charge in [-0.05, 0) is 48.6 Å². The van der Waals surface area contributed by atoms with Crippen molar-refractivity contribution in [2.45, 2.75) is 0 Å². The van der Waals surface area contributed by atoms with Gasteiger partial charge in [-0.2, -0.15) is 0 Å². The molecule has 0 spiro atoms. The van der Waals surface area contributed by atoms with Gasteiger partial charge in [-0.3, -0.25) is 9.59 Å². The lowest BCUT2D eigenvalue weighted by Gasteiger charge is -2.07. The van der Waals surface area contributed by atoms with E-state index in [1.165, 1.54) is 0 Å². The molecule has 24 heavy (non-hydrogen) atoms. The van der Waals surface area contributed by atoms with Crippen LogP contribution in [0.3, 0.4) is 0 Å². The van der Waals surface area contributed by atoms with Crippen LogP contribution in [0, 0.1) is 0 Å². The van der Waals surface area contributed by atoms with Gasteiger partial charge in [0.2, 0.25) is 0 Å². The molecule has 0 aliphatic carbocycles. The predicted octanol–water partition coefficient (Wildman–Crippen LogP) is 4.85. The molecule has 0 aromatic heterocycles. The van der Waals surface area contributed by atoms with Crippen LogP contribution in [-0.4, -0.2) is 25.8 Å². The molecule has 0 fully saturated rings.